The van der Waals surface area contributed by atoms with Crippen LogP contribution >= 0.6 is 0 Å². The van der Waals surface area contributed by atoms with E-state index >= 15 is 0 Å². The molecule has 0 fully saturated rings. The second-order valence-corrected chi connectivity index (χ2v) is 6.27. The molecule has 0 N–H and O–H groups in total. The zero-order valence-corrected chi connectivity index (χ0v) is 8.27. The van der Waals surface area contributed by atoms with Crippen LogP contribution in [0.15, 0.2) is 13.2 Å². The van der Waals surface area contributed by atoms with Crippen LogP contribution in [0, 0.1) is 0 Å². The Morgan fingerprint density at radius 3 is 1.11 bits per heavy atom. The fraction of sp³-hybridized carbons (Fsp3) is 0.750. The maximum atomic E-state index is 3.00. The average molecular weight is 144 g/mol. The molecule has 1 heteroatoms. The summed E-state index contributed by atoms with van der Waals surface area (Å²) in [5.41, 5.74) is 0. The predicted octanol–water partition coefficient (Wildman–Crippen LogP) is 3.08. The first-order valence-corrected chi connectivity index (χ1v) is 6.30. The van der Waals surface area contributed by atoms with Crippen molar-refractivity contribution in [2.24, 2.45) is 0 Å². The third kappa shape index (κ3) is 7.96. The summed E-state index contributed by atoms with van der Waals surface area (Å²) in [7, 11) is -0.171. The second kappa shape index (κ2) is 10.9. The van der Waals surface area contributed by atoms with Crippen molar-refractivity contribution in [3.63, 3.8) is 0 Å². The Hall–Kier alpha value is -0.0431. The maximum absolute atomic E-state index is 3.00. The molecule has 0 rings (SSSR count). The Morgan fingerprint density at radius 1 is 0.889 bits per heavy atom. The number of rotatable bonds is 3. The van der Waals surface area contributed by atoms with Crippen molar-refractivity contribution in [3.05, 3.63) is 13.2 Å². The fourth-order valence-corrected chi connectivity index (χ4v) is 2.60. The van der Waals surface area contributed by atoms with E-state index < -0.39 is 0 Å². The van der Waals surface area contributed by atoms with Gasteiger partial charge < -0.3 is 0 Å². The summed E-state index contributed by atoms with van der Waals surface area (Å²) in [5, 5.41) is 0. The van der Waals surface area contributed by atoms with Gasteiger partial charge in [-0.2, -0.15) is 0 Å². The zero-order valence-electron chi connectivity index (χ0n) is 7.11. The minimum absolute atomic E-state index is 0.171. The van der Waals surface area contributed by atoms with Crippen molar-refractivity contribution in [3.8, 4) is 0 Å². The van der Waals surface area contributed by atoms with E-state index in [1.54, 1.807) is 0 Å². The van der Waals surface area contributed by atoms with Gasteiger partial charge in [-0.15, -0.1) is 13.2 Å². The highest BCUT2D eigenvalue weighted by molar-refractivity contribution is 6.58. The Kier molecular flexibility index (Phi) is 14.1. The fourth-order valence-electron chi connectivity index (χ4n) is 0.866. The number of hydrogen-bond donors (Lipinski definition) is 0. The highest BCUT2D eigenvalue weighted by Crippen LogP contribution is 2.01. The average Bonchev–Trinajstić information content (AvgIpc) is 1.96. The standard InChI is InChI=1S/C6H16Si.C2H4/c1-4-7(5-2)6-3;1-2/h7H,4-6H2,1-3H3;1-2H2. The van der Waals surface area contributed by atoms with Crippen molar-refractivity contribution in [2.75, 3.05) is 0 Å². The SMILES string of the molecule is C=C.CC[SiH](CC)CC. The molecule has 0 radical (unpaired) electrons. The molecule has 0 spiro atoms. The van der Waals surface area contributed by atoms with E-state index in [0.717, 1.165) is 0 Å². The van der Waals surface area contributed by atoms with E-state index in [9.17, 15) is 0 Å². The van der Waals surface area contributed by atoms with E-state index in [4.69, 9.17) is 0 Å². The van der Waals surface area contributed by atoms with Crippen molar-refractivity contribution >= 4 is 8.80 Å². The molecule has 0 bridgehead atoms. The van der Waals surface area contributed by atoms with Gasteiger partial charge in [0.05, 0.1) is 0 Å². The highest BCUT2D eigenvalue weighted by atomic mass is 28.3. The second-order valence-electron chi connectivity index (χ2n) is 2.09. The Bertz CT molecular complexity index is 34.3. The van der Waals surface area contributed by atoms with Crippen LogP contribution in [0.3, 0.4) is 0 Å². The predicted molar refractivity (Wildman–Crippen MR) is 49.8 cm³/mol. The molecule has 56 valence electrons. The van der Waals surface area contributed by atoms with Gasteiger partial charge in [0.2, 0.25) is 0 Å². The van der Waals surface area contributed by atoms with Gasteiger partial charge in [0.15, 0.2) is 0 Å². The van der Waals surface area contributed by atoms with E-state index in [2.05, 4.69) is 33.9 Å². The largest absolute Gasteiger partial charge is 0.106 e. The van der Waals surface area contributed by atoms with Crippen molar-refractivity contribution < 1.29 is 0 Å². The van der Waals surface area contributed by atoms with Crippen LogP contribution in [-0.2, 0) is 0 Å². The first-order chi connectivity index (χ1) is 4.35. The summed E-state index contributed by atoms with van der Waals surface area (Å²) in [6.07, 6.45) is 0. The van der Waals surface area contributed by atoms with Crippen LogP contribution in [0.5, 0.6) is 0 Å². The monoisotopic (exact) mass is 144 g/mol. The molecule has 0 nitrogen and oxygen atoms in total. The third-order valence-corrected chi connectivity index (χ3v) is 5.20. The minimum atomic E-state index is -0.171. The lowest BCUT2D eigenvalue weighted by Crippen LogP contribution is -2.04. The van der Waals surface area contributed by atoms with Crippen molar-refractivity contribution in [1.82, 2.24) is 0 Å². The summed E-state index contributed by atoms with van der Waals surface area (Å²) in [6.45, 7) is 13.0. The molecule has 0 unspecified atom stereocenters. The van der Waals surface area contributed by atoms with Gasteiger partial charge in [0, 0.05) is 8.80 Å². The van der Waals surface area contributed by atoms with E-state index in [1.165, 1.54) is 18.1 Å². The lowest BCUT2D eigenvalue weighted by molar-refractivity contribution is 1.24. The normalized spacial score (nSPS) is 8.44. The van der Waals surface area contributed by atoms with Crippen LogP contribution in [0.4, 0.5) is 0 Å². The van der Waals surface area contributed by atoms with Gasteiger partial charge in [-0.3, -0.25) is 0 Å². The summed E-state index contributed by atoms with van der Waals surface area (Å²) >= 11 is 0. The molecular weight excluding hydrogens is 124 g/mol. The lowest BCUT2D eigenvalue weighted by Gasteiger charge is -2.03. The van der Waals surface area contributed by atoms with E-state index in [-0.39, 0.29) is 8.80 Å². The Morgan fingerprint density at radius 2 is 1.11 bits per heavy atom. The summed E-state index contributed by atoms with van der Waals surface area (Å²) in [6, 6.07) is 4.48. The lowest BCUT2D eigenvalue weighted by atomic mass is 10.9. The molecule has 9 heavy (non-hydrogen) atoms. The maximum Gasteiger partial charge on any atom is 0.0359 e. The first-order valence-electron chi connectivity index (χ1n) is 3.85. The molecule has 0 aliphatic rings. The van der Waals surface area contributed by atoms with Gasteiger partial charge in [0.25, 0.3) is 0 Å². The molecular formula is C8H20Si. The molecule has 0 aromatic carbocycles. The Labute approximate surface area is 61.6 Å². The summed E-state index contributed by atoms with van der Waals surface area (Å²) in [5.74, 6) is 0. The van der Waals surface area contributed by atoms with Gasteiger partial charge in [-0.1, -0.05) is 38.9 Å². The molecule has 0 aliphatic carbocycles. The molecule has 0 saturated carbocycles. The summed E-state index contributed by atoms with van der Waals surface area (Å²) in [4.78, 5) is 0. The first kappa shape index (κ1) is 11.7. The van der Waals surface area contributed by atoms with Gasteiger partial charge >= 0.3 is 0 Å². The third-order valence-electron chi connectivity index (χ3n) is 1.73. The van der Waals surface area contributed by atoms with Gasteiger partial charge in [0.1, 0.15) is 0 Å². The minimum Gasteiger partial charge on any atom is -0.106 e. The van der Waals surface area contributed by atoms with Gasteiger partial charge in [-0.05, 0) is 0 Å². The smallest absolute Gasteiger partial charge is 0.0359 e. The van der Waals surface area contributed by atoms with Crippen LogP contribution in [0.25, 0.3) is 0 Å². The van der Waals surface area contributed by atoms with Gasteiger partial charge in [-0.25, -0.2) is 0 Å². The van der Waals surface area contributed by atoms with E-state index in [0.29, 0.717) is 0 Å². The highest BCUT2D eigenvalue weighted by Gasteiger charge is 1.98. The van der Waals surface area contributed by atoms with Crippen molar-refractivity contribution in [2.45, 2.75) is 38.9 Å². The molecule has 0 aliphatic heterocycles. The molecule has 0 atom stereocenters. The molecule has 0 heterocycles. The van der Waals surface area contributed by atoms with Crippen molar-refractivity contribution in [1.29, 1.82) is 0 Å². The number of hydrogen-bond acceptors (Lipinski definition) is 0. The van der Waals surface area contributed by atoms with Crippen LogP contribution in [0.2, 0.25) is 18.1 Å². The quantitative estimate of drug-likeness (QED) is 0.422. The zero-order chi connectivity index (χ0) is 7.70. The van der Waals surface area contributed by atoms with Crippen LogP contribution < -0.4 is 0 Å². The van der Waals surface area contributed by atoms with Crippen LogP contribution in [-0.4, -0.2) is 8.80 Å². The Balaban J connectivity index is 0. The molecule has 0 aromatic heterocycles. The summed E-state index contributed by atoms with van der Waals surface area (Å²) < 4.78 is 0. The molecule has 0 amide bonds. The molecule has 0 saturated heterocycles. The van der Waals surface area contributed by atoms with E-state index in [1.807, 2.05) is 0 Å². The van der Waals surface area contributed by atoms with Crippen LogP contribution in [0.1, 0.15) is 20.8 Å². The topological polar surface area (TPSA) is 0 Å². The molecule has 0 aromatic rings.